The molecule has 8 nitrogen and oxygen atoms in total. The van der Waals surface area contributed by atoms with Crippen molar-refractivity contribution >= 4 is 23.6 Å². The number of anilines is 2. The molecular formula is C21H25FN4O4. The minimum atomic E-state index is -0.645. The van der Waals surface area contributed by atoms with Crippen molar-refractivity contribution in [3.8, 4) is 5.75 Å². The number of hydrogen-bond donors (Lipinski definition) is 2. The second-order valence-electron chi connectivity index (χ2n) is 7.04. The third kappa shape index (κ3) is 4.22. The van der Waals surface area contributed by atoms with Crippen LogP contribution in [0.3, 0.4) is 0 Å². The van der Waals surface area contributed by atoms with E-state index in [0.29, 0.717) is 24.5 Å². The number of ether oxygens (including phenoxy) is 2. The molecule has 1 atom stereocenters. The maximum absolute atomic E-state index is 13.1. The lowest BCUT2D eigenvalue weighted by atomic mass is 9.96. The molecule has 30 heavy (non-hydrogen) atoms. The van der Waals surface area contributed by atoms with Crippen LogP contribution >= 0.6 is 0 Å². The van der Waals surface area contributed by atoms with Crippen LogP contribution in [0, 0.1) is 5.82 Å². The molecule has 1 aliphatic rings. The number of carbonyl (C=O) groups excluding carboxylic acids is 2. The summed E-state index contributed by atoms with van der Waals surface area (Å²) in [6.07, 6.45) is -1.18. The summed E-state index contributed by atoms with van der Waals surface area (Å²) in [5.41, 5.74) is 13.5. The highest BCUT2D eigenvalue weighted by molar-refractivity contribution is 6.01. The third-order valence-corrected chi connectivity index (χ3v) is 5.09. The molecule has 0 radical (unpaired) electrons. The van der Waals surface area contributed by atoms with Crippen molar-refractivity contribution in [1.29, 1.82) is 0 Å². The Morgan fingerprint density at radius 1 is 1.10 bits per heavy atom. The summed E-state index contributed by atoms with van der Waals surface area (Å²) in [5.74, 6) is -0.320. The lowest BCUT2D eigenvalue weighted by Crippen LogP contribution is -2.52. The second kappa shape index (κ2) is 9.10. The van der Waals surface area contributed by atoms with Crippen molar-refractivity contribution in [2.24, 2.45) is 11.5 Å². The van der Waals surface area contributed by atoms with Crippen LogP contribution in [0.4, 0.5) is 25.4 Å². The zero-order valence-electron chi connectivity index (χ0n) is 16.9. The highest BCUT2D eigenvalue weighted by Gasteiger charge is 2.36. The third-order valence-electron chi connectivity index (χ3n) is 5.09. The van der Waals surface area contributed by atoms with Gasteiger partial charge in [0.25, 0.3) is 0 Å². The Kier molecular flexibility index (Phi) is 6.53. The van der Waals surface area contributed by atoms with E-state index in [1.807, 2.05) is 6.07 Å². The topological polar surface area (TPSA) is 111 Å². The minimum absolute atomic E-state index is 0.101. The van der Waals surface area contributed by atoms with E-state index in [9.17, 15) is 14.0 Å². The molecular weight excluding hydrogens is 391 g/mol. The summed E-state index contributed by atoms with van der Waals surface area (Å²) in [5, 5.41) is 0. The first-order chi connectivity index (χ1) is 14.4. The van der Waals surface area contributed by atoms with E-state index in [4.69, 9.17) is 20.9 Å². The van der Waals surface area contributed by atoms with Crippen LogP contribution < -0.4 is 26.0 Å². The predicted octanol–water partition coefficient (Wildman–Crippen LogP) is 2.81. The molecule has 3 rings (SSSR count). The fraction of sp³-hybridized carbons (Fsp3) is 0.333. The maximum atomic E-state index is 13.1. The molecule has 0 bridgehead atoms. The molecule has 0 saturated carbocycles. The minimum Gasteiger partial charge on any atom is -0.452 e. The molecule has 4 N–H and O–H groups in total. The Morgan fingerprint density at radius 2 is 1.77 bits per heavy atom. The predicted molar refractivity (Wildman–Crippen MR) is 111 cm³/mol. The standard InChI is InChI=1S/C21H25FN4O4/c1-13-12-25(20(27)30-17-6-4-16(22)5-7-17)19-9-14(15(10-23)11-24)3-8-18(19)26(13)21(28)29-2/h3-9,13,15H,10-12,23-24H2,1-2H3/t13-/m0/s1. The first-order valence-corrected chi connectivity index (χ1v) is 9.55. The molecule has 1 heterocycles. The molecule has 0 fully saturated rings. The smallest absolute Gasteiger partial charge is 0.419 e. The molecule has 2 aromatic carbocycles. The van der Waals surface area contributed by atoms with Gasteiger partial charge in [-0.25, -0.2) is 14.0 Å². The average Bonchev–Trinajstić information content (AvgIpc) is 2.75. The average molecular weight is 416 g/mol. The molecule has 2 aromatic rings. The fourth-order valence-corrected chi connectivity index (χ4v) is 3.47. The Bertz CT molecular complexity index is 918. The molecule has 0 aliphatic carbocycles. The summed E-state index contributed by atoms with van der Waals surface area (Å²) < 4.78 is 23.5. The van der Waals surface area contributed by atoms with Crippen molar-refractivity contribution in [3.63, 3.8) is 0 Å². The number of nitrogens with zero attached hydrogens (tertiary/aromatic N) is 2. The number of carbonyl (C=O) groups is 2. The van der Waals surface area contributed by atoms with Gasteiger partial charge in [0, 0.05) is 19.0 Å². The molecule has 1 aliphatic heterocycles. The number of benzene rings is 2. The van der Waals surface area contributed by atoms with Crippen LogP contribution in [0.1, 0.15) is 18.4 Å². The first kappa shape index (κ1) is 21.5. The van der Waals surface area contributed by atoms with Gasteiger partial charge in [0.1, 0.15) is 11.6 Å². The molecule has 0 unspecified atom stereocenters. The number of hydrogen-bond acceptors (Lipinski definition) is 6. The number of amides is 2. The van der Waals surface area contributed by atoms with Gasteiger partial charge in [-0.3, -0.25) is 9.80 Å². The quantitative estimate of drug-likeness (QED) is 0.793. The molecule has 2 amide bonds. The summed E-state index contributed by atoms with van der Waals surface area (Å²) in [7, 11) is 1.30. The van der Waals surface area contributed by atoms with Gasteiger partial charge in [-0.1, -0.05) is 6.07 Å². The fourth-order valence-electron chi connectivity index (χ4n) is 3.47. The summed E-state index contributed by atoms with van der Waals surface area (Å²) in [6, 6.07) is 10.2. The van der Waals surface area contributed by atoms with Crippen LogP contribution in [-0.2, 0) is 4.74 Å². The van der Waals surface area contributed by atoms with Gasteiger partial charge in [-0.05, 0) is 48.9 Å². The maximum Gasteiger partial charge on any atom is 0.419 e. The molecule has 160 valence electrons. The van der Waals surface area contributed by atoms with E-state index in [2.05, 4.69) is 0 Å². The van der Waals surface area contributed by atoms with Gasteiger partial charge in [-0.2, -0.15) is 0 Å². The van der Waals surface area contributed by atoms with E-state index in [1.54, 1.807) is 19.1 Å². The monoisotopic (exact) mass is 416 g/mol. The number of methoxy groups -OCH3 is 1. The summed E-state index contributed by atoms with van der Waals surface area (Å²) >= 11 is 0. The highest BCUT2D eigenvalue weighted by Crippen LogP contribution is 2.38. The number of fused-ring (bicyclic) bond motifs is 1. The van der Waals surface area contributed by atoms with E-state index >= 15 is 0 Å². The SMILES string of the molecule is COC(=O)N1c2ccc(C(CN)CN)cc2N(C(=O)Oc2ccc(F)cc2)C[C@@H]1C. The van der Waals surface area contributed by atoms with Gasteiger partial charge in [0.2, 0.25) is 0 Å². The van der Waals surface area contributed by atoms with Gasteiger partial charge < -0.3 is 20.9 Å². The Balaban J connectivity index is 2.01. The first-order valence-electron chi connectivity index (χ1n) is 9.55. The van der Waals surface area contributed by atoms with E-state index < -0.39 is 18.0 Å². The molecule has 0 saturated heterocycles. The van der Waals surface area contributed by atoms with Crippen LogP contribution in [0.25, 0.3) is 0 Å². The van der Waals surface area contributed by atoms with Gasteiger partial charge in [-0.15, -0.1) is 0 Å². The largest absolute Gasteiger partial charge is 0.452 e. The van der Waals surface area contributed by atoms with E-state index in [-0.39, 0.29) is 24.3 Å². The molecule has 9 heteroatoms. The van der Waals surface area contributed by atoms with E-state index in [0.717, 1.165) is 5.56 Å². The van der Waals surface area contributed by atoms with Gasteiger partial charge in [0.15, 0.2) is 0 Å². The van der Waals surface area contributed by atoms with Crippen molar-refractivity contribution in [3.05, 3.63) is 53.8 Å². The molecule has 0 aromatic heterocycles. The Morgan fingerprint density at radius 3 is 2.37 bits per heavy atom. The van der Waals surface area contributed by atoms with Gasteiger partial charge >= 0.3 is 12.2 Å². The van der Waals surface area contributed by atoms with Crippen LogP contribution in [0.15, 0.2) is 42.5 Å². The molecule has 0 spiro atoms. The number of rotatable bonds is 4. The Labute approximate surface area is 174 Å². The summed E-state index contributed by atoms with van der Waals surface area (Å²) in [6.45, 7) is 2.66. The van der Waals surface area contributed by atoms with Gasteiger partial charge in [0.05, 0.1) is 31.1 Å². The van der Waals surface area contributed by atoms with Crippen molar-refractivity contribution < 1.29 is 23.5 Å². The zero-order valence-corrected chi connectivity index (χ0v) is 16.9. The lowest BCUT2D eigenvalue weighted by molar-refractivity contribution is 0.175. The Hall–Kier alpha value is -3.17. The second-order valence-corrected chi connectivity index (χ2v) is 7.04. The van der Waals surface area contributed by atoms with E-state index in [1.165, 1.54) is 41.2 Å². The normalized spacial score (nSPS) is 15.7. The van der Waals surface area contributed by atoms with Crippen molar-refractivity contribution in [1.82, 2.24) is 0 Å². The zero-order chi connectivity index (χ0) is 21.8. The van der Waals surface area contributed by atoms with Crippen molar-refractivity contribution in [2.75, 3.05) is 36.5 Å². The van der Waals surface area contributed by atoms with Crippen LogP contribution in [0.5, 0.6) is 5.75 Å². The summed E-state index contributed by atoms with van der Waals surface area (Å²) in [4.78, 5) is 28.2. The number of halogens is 1. The van der Waals surface area contributed by atoms with Crippen molar-refractivity contribution in [2.45, 2.75) is 18.9 Å². The van der Waals surface area contributed by atoms with Crippen LogP contribution in [0.2, 0.25) is 0 Å². The number of nitrogens with two attached hydrogens (primary N) is 2. The highest BCUT2D eigenvalue weighted by atomic mass is 19.1. The lowest BCUT2D eigenvalue weighted by Gasteiger charge is -2.40. The van der Waals surface area contributed by atoms with Crippen LogP contribution in [-0.4, -0.2) is 45.0 Å².